The molecule has 0 N–H and O–H groups in total. The van der Waals surface area contributed by atoms with Gasteiger partial charge in [0.2, 0.25) is 0 Å². The first kappa shape index (κ1) is 26.5. The van der Waals surface area contributed by atoms with Crippen LogP contribution in [0.25, 0.3) is 0 Å². The predicted molar refractivity (Wildman–Crippen MR) is 168 cm³/mol. The van der Waals surface area contributed by atoms with Gasteiger partial charge in [0.15, 0.2) is 0 Å². The van der Waals surface area contributed by atoms with Gasteiger partial charge in [0, 0.05) is 29.2 Å². The highest BCUT2D eigenvalue weighted by Crippen LogP contribution is 2.40. The molecule has 0 atom stereocenters. The molecule has 4 heteroatoms. The molecule has 38 heavy (non-hydrogen) atoms. The first-order valence-electron chi connectivity index (χ1n) is 13.0. The van der Waals surface area contributed by atoms with E-state index < -0.39 is 16.1 Å². The molecule has 5 aromatic carbocycles. The zero-order valence-corrected chi connectivity index (χ0v) is 23.8. The largest absolute Gasteiger partial charge is 0.274 e. The topological polar surface area (TPSA) is 6.48 Å². The van der Waals surface area contributed by atoms with Gasteiger partial charge in [0.05, 0.1) is 0 Å². The number of hydrogen-bond acceptors (Lipinski definition) is 2. The second kappa shape index (κ2) is 13.1. The van der Waals surface area contributed by atoms with E-state index in [0.717, 1.165) is 13.1 Å². The summed E-state index contributed by atoms with van der Waals surface area (Å²) in [5.74, 6) is 0. The molecule has 190 valence electrons. The molecule has 0 amide bonds. The molecule has 0 aliphatic rings. The Bertz CT molecular complexity index is 1210. The van der Waals surface area contributed by atoms with E-state index in [1.807, 2.05) is 0 Å². The minimum atomic E-state index is -0.629. The average Bonchev–Trinajstić information content (AvgIpc) is 2.97. The molecular weight excluding hydrogens is 498 g/mol. The molecule has 0 aliphatic heterocycles. The smallest absolute Gasteiger partial charge is 0.0281 e. The Labute approximate surface area is 230 Å². The number of hydrogen-bond donors (Lipinski definition) is 0. The first-order chi connectivity index (χ1) is 18.7. The van der Waals surface area contributed by atoms with Gasteiger partial charge in [-0.25, -0.2) is 0 Å². The van der Waals surface area contributed by atoms with Gasteiger partial charge in [-0.2, -0.15) is 0 Å². The van der Waals surface area contributed by atoms with Crippen molar-refractivity contribution in [1.29, 1.82) is 0 Å². The van der Waals surface area contributed by atoms with Crippen LogP contribution in [0.15, 0.2) is 146 Å². The van der Waals surface area contributed by atoms with Gasteiger partial charge in [0.25, 0.3) is 0 Å². The van der Waals surface area contributed by atoms with Crippen LogP contribution in [0.5, 0.6) is 0 Å². The summed E-state index contributed by atoms with van der Waals surface area (Å²) in [5.41, 5.74) is 2.77. The maximum Gasteiger partial charge on any atom is 0.0281 e. The Morgan fingerprint density at radius 3 is 0.868 bits per heavy atom. The van der Waals surface area contributed by atoms with Crippen molar-refractivity contribution in [2.45, 2.75) is 13.1 Å². The summed E-state index contributed by atoms with van der Waals surface area (Å²) in [6, 6.07) is 52.7. The molecule has 0 bridgehead atoms. The van der Waals surface area contributed by atoms with E-state index in [-0.39, 0.29) is 0 Å². The van der Waals surface area contributed by atoms with Crippen molar-refractivity contribution in [2.75, 3.05) is 14.1 Å². The molecule has 0 heterocycles. The van der Waals surface area contributed by atoms with Gasteiger partial charge < -0.3 is 0 Å². The van der Waals surface area contributed by atoms with Crippen LogP contribution >= 0.6 is 16.1 Å². The van der Waals surface area contributed by atoms with Crippen molar-refractivity contribution in [2.24, 2.45) is 0 Å². The van der Waals surface area contributed by atoms with Crippen molar-refractivity contribution in [3.63, 3.8) is 0 Å². The second-order valence-electron chi connectivity index (χ2n) is 9.37. The SMILES string of the molecule is CN(Cc1ccccc1CN(C)P(c1ccccc1)c1ccccc1)P(c1ccccc1)c1ccccc1. The lowest BCUT2D eigenvalue weighted by Gasteiger charge is -2.32. The summed E-state index contributed by atoms with van der Waals surface area (Å²) in [6.07, 6.45) is 0. The third kappa shape index (κ3) is 6.47. The summed E-state index contributed by atoms with van der Waals surface area (Å²) < 4.78 is 5.08. The molecule has 0 unspecified atom stereocenters. The van der Waals surface area contributed by atoms with E-state index in [0.29, 0.717) is 0 Å². The van der Waals surface area contributed by atoms with Gasteiger partial charge in [-0.3, -0.25) is 9.34 Å². The third-order valence-electron chi connectivity index (χ3n) is 6.60. The fourth-order valence-corrected chi connectivity index (χ4v) is 9.44. The van der Waals surface area contributed by atoms with Crippen LogP contribution < -0.4 is 21.2 Å². The van der Waals surface area contributed by atoms with E-state index >= 15 is 0 Å². The highest BCUT2D eigenvalue weighted by molar-refractivity contribution is 7.71. The lowest BCUT2D eigenvalue weighted by molar-refractivity contribution is 0.523. The molecule has 0 spiro atoms. The number of benzene rings is 5. The van der Waals surface area contributed by atoms with Crippen molar-refractivity contribution in [3.05, 3.63) is 157 Å². The summed E-state index contributed by atoms with van der Waals surface area (Å²) >= 11 is 0. The first-order valence-corrected chi connectivity index (χ1v) is 15.6. The standard InChI is InChI=1S/C34H34N2P2/c1-35(37(31-19-7-3-8-20-31)32-21-9-4-10-22-32)27-29-17-15-16-18-30(29)28-36(2)38(33-23-11-5-12-24-33)34-25-13-6-14-26-34/h3-26H,27-28H2,1-2H3. The van der Waals surface area contributed by atoms with Crippen LogP contribution in [0.1, 0.15) is 11.1 Å². The van der Waals surface area contributed by atoms with Crippen LogP contribution in [0.4, 0.5) is 0 Å². The van der Waals surface area contributed by atoms with Crippen LogP contribution in [0.3, 0.4) is 0 Å². The minimum Gasteiger partial charge on any atom is -0.274 e. The van der Waals surface area contributed by atoms with Crippen LogP contribution in [0.2, 0.25) is 0 Å². The van der Waals surface area contributed by atoms with E-state index in [1.54, 1.807) is 0 Å². The second-order valence-corrected chi connectivity index (χ2v) is 14.0. The summed E-state index contributed by atoms with van der Waals surface area (Å²) in [5, 5.41) is 5.51. The van der Waals surface area contributed by atoms with Gasteiger partial charge in [0.1, 0.15) is 0 Å². The Kier molecular flexibility index (Phi) is 9.13. The quantitative estimate of drug-likeness (QED) is 0.186. The van der Waals surface area contributed by atoms with Gasteiger partial charge in [-0.05, 0) is 46.4 Å². The molecule has 2 nitrogen and oxygen atoms in total. The third-order valence-corrected chi connectivity index (χ3v) is 11.4. The van der Waals surface area contributed by atoms with Gasteiger partial charge >= 0.3 is 0 Å². The van der Waals surface area contributed by atoms with E-state index in [2.05, 4.69) is 169 Å². The van der Waals surface area contributed by atoms with E-state index in [1.165, 1.54) is 32.3 Å². The highest BCUT2D eigenvalue weighted by atomic mass is 31.1. The molecule has 5 rings (SSSR count). The maximum atomic E-state index is 2.54. The molecule has 0 saturated carbocycles. The molecule has 0 fully saturated rings. The monoisotopic (exact) mass is 532 g/mol. The summed E-state index contributed by atoms with van der Waals surface area (Å²) in [6.45, 7) is 1.79. The molecule has 5 aromatic rings. The minimum absolute atomic E-state index is 0.629. The van der Waals surface area contributed by atoms with Crippen molar-refractivity contribution >= 4 is 37.4 Å². The van der Waals surface area contributed by atoms with Crippen molar-refractivity contribution < 1.29 is 0 Å². The molecule has 0 radical (unpaired) electrons. The van der Waals surface area contributed by atoms with Crippen molar-refractivity contribution in [1.82, 2.24) is 9.34 Å². The fraction of sp³-hybridized carbons (Fsp3) is 0.118. The lowest BCUT2D eigenvalue weighted by atomic mass is 10.1. The Morgan fingerprint density at radius 1 is 0.368 bits per heavy atom. The maximum absolute atomic E-state index is 2.54. The van der Waals surface area contributed by atoms with Crippen LogP contribution in [-0.4, -0.2) is 23.4 Å². The molecular formula is C34H34N2P2. The zero-order valence-electron chi connectivity index (χ0n) is 22.1. The molecule has 0 aliphatic carbocycles. The summed E-state index contributed by atoms with van der Waals surface area (Å²) in [4.78, 5) is 0. The van der Waals surface area contributed by atoms with Gasteiger partial charge in [-0.1, -0.05) is 146 Å². The lowest BCUT2D eigenvalue weighted by Crippen LogP contribution is -2.27. The fourth-order valence-electron chi connectivity index (χ4n) is 4.86. The highest BCUT2D eigenvalue weighted by Gasteiger charge is 2.22. The van der Waals surface area contributed by atoms with Crippen LogP contribution in [-0.2, 0) is 13.1 Å². The Hall–Kier alpha value is -3.12. The van der Waals surface area contributed by atoms with Crippen molar-refractivity contribution in [3.8, 4) is 0 Å². The zero-order chi connectivity index (χ0) is 26.2. The molecule has 0 aromatic heterocycles. The molecule has 0 saturated heterocycles. The van der Waals surface area contributed by atoms with E-state index in [4.69, 9.17) is 0 Å². The normalized spacial score (nSPS) is 11.5. The number of nitrogens with zero attached hydrogens (tertiary/aromatic N) is 2. The van der Waals surface area contributed by atoms with E-state index in [9.17, 15) is 0 Å². The average molecular weight is 533 g/mol. The van der Waals surface area contributed by atoms with Gasteiger partial charge in [-0.15, -0.1) is 0 Å². The summed E-state index contributed by atoms with van der Waals surface area (Å²) in [7, 11) is 3.28. The Morgan fingerprint density at radius 2 is 0.605 bits per heavy atom. The Balaban J connectivity index is 1.42. The van der Waals surface area contributed by atoms with Crippen LogP contribution in [0, 0.1) is 0 Å². The number of rotatable bonds is 10. The predicted octanol–water partition coefficient (Wildman–Crippen LogP) is 6.65.